The first-order chi connectivity index (χ1) is 16.6. The van der Waals surface area contributed by atoms with Crippen molar-refractivity contribution in [2.24, 2.45) is 7.05 Å². The molecule has 3 aromatic heterocycles. The van der Waals surface area contributed by atoms with Crippen LogP contribution in [-0.4, -0.2) is 31.8 Å². The molecule has 0 radical (unpaired) electrons. The number of para-hydroxylation sites is 2. The number of nitriles is 1. The lowest BCUT2D eigenvalue weighted by atomic mass is 10.1. The molecule has 5 rings (SSSR count). The average molecular weight is 449 g/mol. The lowest BCUT2D eigenvalue weighted by Gasteiger charge is -2.06. The predicted molar refractivity (Wildman–Crippen MR) is 135 cm³/mol. The number of aryl methyl sites for hydroxylation is 2. The molecule has 34 heavy (non-hydrogen) atoms. The summed E-state index contributed by atoms with van der Waals surface area (Å²) in [7, 11) is 1.95. The quantitative estimate of drug-likeness (QED) is 0.294. The second-order valence-electron chi connectivity index (χ2n) is 8.23. The predicted octanol–water partition coefficient (Wildman–Crippen LogP) is 3.76. The van der Waals surface area contributed by atoms with Gasteiger partial charge in [0.2, 0.25) is 0 Å². The molecular formula is C27H24N6O. The molecule has 0 amide bonds. The number of hydrogen-bond acceptors (Lipinski definition) is 3. The molecule has 0 atom stereocenters. The Balaban J connectivity index is 1.70. The van der Waals surface area contributed by atoms with E-state index in [0.29, 0.717) is 12.2 Å². The van der Waals surface area contributed by atoms with Crippen LogP contribution in [0.25, 0.3) is 38.8 Å². The lowest BCUT2D eigenvalue weighted by molar-refractivity contribution is 0.616. The number of rotatable bonds is 7. The minimum atomic E-state index is -0.335. The summed E-state index contributed by atoms with van der Waals surface area (Å²) in [4.78, 5) is 16.0. The zero-order chi connectivity index (χ0) is 23.7. The highest BCUT2D eigenvalue weighted by atomic mass is 16.1. The van der Waals surface area contributed by atoms with Crippen LogP contribution in [0.15, 0.2) is 65.7 Å². The van der Waals surface area contributed by atoms with Crippen LogP contribution in [0, 0.1) is 23.7 Å². The van der Waals surface area contributed by atoms with Gasteiger partial charge in [0.25, 0.3) is 0 Å². The second kappa shape index (κ2) is 8.82. The van der Waals surface area contributed by atoms with E-state index >= 15 is 0 Å². The molecule has 0 unspecified atom stereocenters. The first-order valence-corrected chi connectivity index (χ1v) is 11.2. The number of H-pyrrole nitrogens is 1. The van der Waals surface area contributed by atoms with Gasteiger partial charge in [-0.15, -0.1) is 6.42 Å². The molecule has 0 aliphatic rings. The molecule has 0 saturated carbocycles. The highest BCUT2D eigenvalue weighted by Crippen LogP contribution is 2.35. The fourth-order valence-corrected chi connectivity index (χ4v) is 4.66. The SMILES string of the molecule is C#CCNCCCn1cc(-c2c(C#N)[nH]c(=O)n2-c2cn(C)c3ccccc23)c2ccccc21. The third kappa shape index (κ3) is 3.49. The Labute approximate surface area is 196 Å². The van der Waals surface area contributed by atoms with Crippen LogP contribution >= 0.6 is 0 Å². The number of fused-ring (bicyclic) bond motifs is 2. The summed E-state index contributed by atoms with van der Waals surface area (Å²) in [6, 6.07) is 18.2. The summed E-state index contributed by atoms with van der Waals surface area (Å²) in [5.74, 6) is 2.59. The van der Waals surface area contributed by atoms with Gasteiger partial charge in [-0.2, -0.15) is 5.26 Å². The van der Waals surface area contributed by atoms with Crippen molar-refractivity contribution in [2.75, 3.05) is 13.1 Å². The minimum Gasteiger partial charge on any atom is -0.348 e. The van der Waals surface area contributed by atoms with E-state index in [4.69, 9.17) is 6.42 Å². The topological polar surface area (TPSA) is 83.5 Å². The van der Waals surface area contributed by atoms with Crippen molar-refractivity contribution in [1.82, 2.24) is 24.0 Å². The van der Waals surface area contributed by atoms with Crippen LogP contribution in [0.5, 0.6) is 0 Å². The number of aromatic nitrogens is 4. The molecule has 0 fully saturated rings. The maximum atomic E-state index is 13.2. The van der Waals surface area contributed by atoms with E-state index in [0.717, 1.165) is 52.6 Å². The van der Waals surface area contributed by atoms with Gasteiger partial charge in [0.05, 0.1) is 17.9 Å². The van der Waals surface area contributed by atoms with Gasteiger partial charge in [-0.05, 0) is 25.1 Å². The summed E-state index contributed by atoms with van der Waals surface area (Å²) >= 11 is 0. The number of nitrogens with one attached hydrogen (secondary N) is 2. The number of nitrogens with zero attached hydrogens (tertiary/aromatic N) is 4. The van der Waals surface area contributed by atoms with E-state index in [2.05, 4.69) is 32.9 Å². The highest BCUT2D eigenvalue weighted by Gasteiger charge is 2.23. The Bertz CT molecular complexity index is 1650. The zero-order valence-electron chi connectivity index (χ0n) is 18.9. The van der Waals surface area contributed by atoms with E-state index in [1.165, 1.54) is 0 Å². The van der Waals surface area contributed by atoms with E-state index in [1.807, 2.05) is 66.5 Å². The van der Waals surface area contributed by atoms with Gasteiger partial charge in [0, 0.05) is 53.4 Å². The first kappa shape index (κ1) is 21.4. The molecule has 0 aliphatic heterocycles. The molecule has 0 saturated heterocycles. The number of aromatic amines is 1. The van der Waals surface area contributed by atoms with Crippen molar-refractivity contribution >= 4 is 21.8 Å². The van der Waals surface area contributed by atoms with E-state index in [9.17, 15) is 10.1 Å². The molecule has 7 heteroatoms. The number of terminal acetylenes is 1. The van der Waals surface area contributed by atoms with Gasteiger partial charge < -0.3 is 14.5 Å². The Morgan fingerprint density at radius 1 is 1.06 bits per heavy atom. The Morgan fingerprint density at radius 2 is 1.79 bits per heavy atom. The largest absolute Gasteiger partial charge is 0.348 e. The first-order valence-electron chi connectivity index (χ1n) is 11.2. The van der Waals surface area contributed by atoms with Crippen molar-refractivity contribution in [2.45, 2.75) is 13.0 Å². The van der Waals surface area contributed by atoms with E-state index in [1.54, 1.807) is 4.57 Å². The summed E-state index contributed by atoms with van der Waals surface area (Å²) in [5.41, 5.74) is 4.13. The Hall–Kier alpha value is -4.46. The van der Waals surface area contributed by atoms with Crippen molar-refractivity contribution in [3.05, 3.63) is 77.1 Å². The summed E-state index contributed by atoms with van der Waals surface area (Å²) < 4.78 is 5.79. The third-order valence-corrected chi connectivity index (χ3v) is 6.15. The van der Waals surface area contributed by atoms with Gasteiger partial charge in [0.1, 0.15) is 11.8 Å². The molecule has 168 valence electrons. The Morgan fingerprint density at radius 3 is 2.56 bits per heavy atom. The van der Waals surface area contributed by atoms with Crippen LogP contribution in [-0.2, 0) is 13.6 Å². The number of benzene rings is 2. The minimum absolute atomic E-state index is 0.247. The van der Waals surface area contributed by atoms with Gasteiger partial charge in [0.15, 0.2) is 0 Å². The molecule has 0 bridgehead atoms. The fourth-order valence-electron chi connectivity index (χ4n) is 4.66. The third-order valence-electron chi connectivity index (χ3n) is 6.15. The van der Waals surface area contributed by atoms with Crippen molar-refractivity contribution in [3.8, 4) is 35.4 Å². The average Bonchev–Trinajstić information content (AvgIpc) is 3.50. The van der Waals surface area contributed by atoms with Gasteiger partial charge in [-0.25, -0.2) is 4.79 Å². The molecule has 0 aliphatic carbocycles. The Kier molecular flexibility index (Phi) is 5.55. The number of imidazole rings is 1. The van der Waals surface area contributed by atoms with Crippen LogP contribution in [0.2, 0.25) is 0 Å². The van der Waals surface area contributed by atoms with Gasteiger partial charge in [-0.3, -0.25) is 9.55 Å². The van der Waals surface area contributed by atoms with Gasteiger partial charge >= 0.3 is 5.69 Å². The molecule has 2 aromatic carbocycles. The fraction of sp³-hybridized carbons (Fsp3) is 0.185. The second-order valence-corrected chi connectivity index (χ2v) is 8.23. The van der Waals surface area contributed by atoms with Crippen molar-refractivity contribution in [3.63, 3.8) is 0 Å². The molecular weight excluding hydrogens is 424 g/mol. The van der Waals surface area contributed by atoms with Crippen molar-refractivity contribution in [1.29, 1.82) is 5.26 Å². The molecule has 5 aromatic rings. The summed E-state index contributed by atoms with van der Waals surface area (Å²) in [6.45, 7) is 2.13. The highest BCUT2D eigenvalue weighted by molar-refractivity contribution is 5.98. The van der Waals surface area contributed by atoms with Crippen LogP contribution in [0.3, 0.4) is 0 Å². The standard InChI is InChI=1S/C27H24N6O/c1-3-13-29-14-8-15-32-17-21(19-9-4-7-12-24(19)32)26-22(16-28)30-27(34)33(26)25-18-31(2)23-11-6-5-10-20(23)25/h1,4-7,9-12,17-18,29H,8,13-15H2,2H3,(H,30,34). The zero-order valence-corrected chi connectivity index (χ0v) is 18.9. The maximum Gasteiger partial charge on any atom is 0.331 e. The van der Waals surface area contributed by atoms with Crippen molar-refractivity contribution < 1.29 is 0 Å². The van der Waals surface area contributed by atoms with Crippen LogP contribution < -0.4 is 11.0 Å². The summed E-state index contributed by atoms with van der Waals surface area (Å²) in [6.07, 6.45) is 10.2. The normalized spacial score (nSPS) is 11.1. The lowest BCUT2D eigenvalue weighted by Crippen LogP contribution is -2.16. The van der Waals surface area contributed by atoms with E-state index in [-0.39, 0.29) is 11.4 Å². The number of hydrogen-bond donors (Lipinski definition) is 2. The molecule has 0 spiro atoms. The van der Waals surface area contributed by atoms with E-state index < -0.39 is 0 Å². The monoisotopic (exact) mass is 448 g/mol. The van der Waals surface area contributed by atoms with Crippen LogP contribution in [0.1, 0.15) is 12.1 Å². The van der Waals surface area contributed by atoms with Gasteiger partial charge in [-0.1, -0.05) is 42.3 Å². The maximum absolute atomic E-state index is 13.2. The van der Waals surface area contributed by atoms with Crippen LogP contribution in [0.4, 0.5) is 0 Å². The smallest absolute Gasteiger partial charge is 0.331 e. The molecule has 3 heterocycles. The molecule has 2 N–H and O–H groups in total. The summed E-state index contributed by atoms with van der Waals surface area (Å²) in [5, 5.41) is 15.1. The molecule has 7 nitrogen and oxygen atoms in total.